The molecular formula is C20H30OS. The molecule has 5 fully saturated rings. The molecule has 1 nitrogen and oxygen atoms in total. The fraction of sp³-hybridized carbons (Fsp3) is 0.900. The van der Waals surface area contributed by atoms with E-state index in [1.165, 1.54) is 64.2 Å². The number of hydrogen-bond donors (Lipinski definition) is 0. The fourth-order valence-electron chi connectivity index (χ4n) is 8.10. The van der Waals surface area contributed by atoms with Crippen molar-refractivity contribution in [1.29, 1.82) is 0 Å². The summed E-state index contributed by atoms with van der Waals surface area (Å²) >= 11 is 0. The maximum atomic E-state index is 12.6. The van der Waals surface area contributed by atoms with Crippen LogP contribution >= 0.6 is 0 Å². The minimum atomic E-state index is -0.567. The molecule has 5 atom stereocenters. The van der Waals surface area contributed by atoms with Crippen LogP contribution in [-0.2, 0) is 10.8 Å². The average Bonchev–Trinajstić information content (AvgIpc) is 2.33. The summed E-state index contributed by atoms with van der Waals surface area (Å²) in [7, 11) is -0.567. The zero-order chi connectivity index (χ0) is 15.2. The highest BCUT2D eigenvalue weighted by Gasteiger charge is 2.61. The normalized spacial score (nSPS) is 59.5. The van der Waals surface area contributed by atoms with Gasteiger partial charge in [-0.1, -0.05) is 31.9 Å². The van der Waals surface area contributed by atoms with E-state index in [9.17, 15) is 4.21 Å². The molecule has 122 valence electrons. The van der Waals surface area contributed by atoms with Crippen LogP contribution in [0.3, 0.4) is 0 Å². The fourth-order valence-corrected chi connectivity index (χ4v) is 10.0. The van der Waals surface area contributed by atoms with Crippen LogP contribution in [0.25, 0.3) is 0 Å². The quantitative estimate of drug-likeness (QED) is 0.623. The van der Waals surface area contributed by atoms with Crippen molar-refractivity contribution in [3.8, 4) is 0 Å². The van der Waals surface area contributed by atoms with Crippen molar-refractivity contribution >= 4 is 10.8 Å². The summed E-state index contributed by atoms with van der Waals surface area (Å²) in [5, 5.41) is 0.892. The Morgan fingerprint density at radius 1 is 1.05 bits per heavy atom. The third-order valence-corrected chi connectivity index (χ3v) is 9.81. The molecule has 6 rings (SSSR count). The maximum Gasteiger partial charge on any atom is 0.0533 e. The first kappa shape index (κ1) is 14.3. The third kappa shape index (κ3) is 1.91. The van der Waals surface area contributed by atoms with Gasteiger partial charge < -0.3 is 0 Å². The maximum absolute atomic E-state index is 12.6. The van der Waals surface area contributed by atoms with Crippen molar-refractivity contribution in [3.63, 3.8) is 0 Å². The minimum Gasteiger partial charge on any atom is -0.259 e. The van der Waals surface area contributed by atoms with Crippen molar-refractivity contribution in [2.45, 2.75) is 88.6 Å². The summed E-state index contributed by atoms with van der Waals surface area (Å²) in [4.78, 5) is 0. The molecule has 2 heterocycles. The molecule has 0 amide bonds. The SMILES string of the molecule is CC12CC3CC(C)(C1)CC(C1=CC4CCCC(C1)S4=O)(C3)C2. The summed E-state index contributed by atoms with van der Waals surface area (Å²) < 4.78 is 12.6. The molecule has 6 bridgehead atoms. The Morgan fingerprint density at radius 3 is 2.41 bits per heavy atom. The lowest BCUT2D eigenvalue weighted by Crippen LogP contribution is -2.56. The lowest BCUT2D eigenvalue weighted by Gasteiger charge is -2.66. The van der Waals surface area contributed by atoms with E-state index in [0.717, 1.165) is 5.92 Å². The summed E-state index contributed by atoms with van der Waals surface area (Å²) in [6.45, 7) is 5.15. The predicted molar refractivity (Wildman–Crippen MR) is 92.1 cm³/mol. The van der Waals surface area contributed by atoms with E-state index in [-0.39, 0.29) is 0 Å². The highest BCUT2D eigenvalue weighted by atomic mass is 32.2. The van der Waals surface area contributed by atoms with Gasteiger partial charge in [0.15, 0.2) is 0 Å². The van der Waals surface area contributed by atoms with Gasteiger partial charge in [-0.05, 0) is 80.0 Å². The molecular weight excluding hydrogens is 288 g/mol. The van der Waals surface area contributed by atoms with E-state index in [0.29, 0.717) is 26.7 Å². The molecule has 4 saturated carbocycles. The molecule has 22 heavy (non-hydrogen) atoms. The van der Waals surface area contributed by atoms with Crippen LogP contribution in [-0.4, -0.2) is 14.7 Å². The van der Waals surface area contributed by atoms with E-state index >= 15 is 0 Å². The Balaban J connectivity index is 1.56. The van der Waals surface area contributed by atoms with Crippen molar-refractivity contribution in [1.82, 2.24) is 0 Å². The van der Waals surface area contributed by atoms with Gasteiger partial charge >= 0.3 is 0 Å². The Bertz CT molecular complexity index is 558. The zero-order valence-corrected chi connectivity index (χ0v) is 15.0. The van der Waals surface area contributed by atoms with Crippen LogP contribution in [0.15, 0.2) is 11.6 Å². The van der Waals surface area contributed by atoms with Gasteiger partial charge in [0.25, 0.3) is 0 Å². The lowest BCUT2D eigenvalue weighted by atomic mass is 9.39. The van der Waals surface area contributed by atoms with E-state index in [1.54, 1.807) is 5.57 Å². The van der Waals surface area contributed by atoms with E-state index in [4.69, 9.17) is 0 Å². The molecule has 1 saturated heterocycles. The monoisotopic (exact) mass is 318 g/mol. The van der Waals surface area contributed by atoms with Crippen molar-refractivity contribution in [3.05, 3.63) is 11.6 Å². The van der Waals surface area contributed by atoms with Crippen LogP contribution in [0, 0.1) is 22.2 Å². The summed E-state index contributed by atoms with van der Waals surface area (Å²) in [6.07, 6.45) is 16.2. The van der Waals surface area contributed by atoms with Crippen molar-refractivity contribution in [2.24, 2.45) is 22.2 Å². The summed E-state index contributed by atoms with van der Waals surface area (Å²) in [5.41, 5.74) is 3.46. The molecule has 0 aromatic rings. The Labute approximate surface area is 137 Å². The Morgan fingerprint density at radius 2 is 1.77 bits per heavy atom. The topological polar surface area (TPSA) is 17.1 Å². The zero-order valence-electron chi connectivity index (χ0n) is 14.2. The first-order chi connectivity index (χ1) is 10.4. The molecule has 0 radical (unpaired) electrons. The van der Waals surface area contributed by atoms with Crippen molar-refractivity contribution < 1.29 is 4.21 Å². The van der Waals surface area contributed by atoms with Crippen LogP contribution in [0.5, 0.6) is 0 Å². The predicted octanol–water partition coefficient (Wildman–Crippen LogP) is 4.98. The van der Waals surface area contributed by atoms with Gasteiger partial charge in [-0.15, -0.1) is 0 Å². The molecule has 0 spiro atoms. The summed E-state index contributed by atoms with van der Waals surface area (Å²) in [5.74, 6) is 0.972. The van der Waals surface area contributed by atoms with Gasteiger partial charge in [0.1, 0.15) is 0 Å². The number of hydrogen-bond acceptors (Lipinski definition) is 1. The molecule has 6 aliphatic rings. The average molecular weight is 319 g/mol. The number of allylic oxidation sites excluding steroid dienone is 1. The highest BCUT2D eigenvalue weighted by Crippen LogP contribution is 2.72. The Kier molecular flexibility index (Phi) is 2.78. The minimum absolute atomic E-state index is 0.399. The second-order valence-corrected chi connectivity index (χ2v) is 12.2. The standard InChI is InChI=1S/C20H30OS/c1-18-8-14-9-19(2,11-18)13-20(10-14,12-18)15-6-16-4-3-5-17(7-15)22(16)21/h6,14,16-17H,3-5,7-13H2,1-2H3. The molecule has 0 aromatic carbocycles. The smallest absolute Gasteiger partial charge is 0.0533 e. The molecule has 0 N–H and O–H groups in total. The van der Waals surface area contributed by atoms with Crippen molar-refractivity contribution in [2.75, 3.05) is 0 Å². The molecule has 5 unspecified atom stereocenters. The molecule has 4 aliphatic carbocycles. The lowest BCUT2D eigenvalue weighted by molar-refractivity contribution is -0.130. The van der Waals surface area contributed by atoms with Crippen LogP contribution < -0.4 is 0 Å². The van der Waals surface area contributed by atoms with Gasteiger partial charge in [0, 0.05) is 16.0 Å². The number of rotatable bonds is 1. The van der Waals surface area contributed by atoms with Crippen LogP contribution in [0.4, 0.5) is 0 Å². The van der Waals surface area contributed by atoms with Gasteiger partial charge in [-0.2, -0.15) is 0 Å². The second-order valence-electron chi connectivity index (χ2n) is 10.2. The molecule has 2 heteroatoms. The van der Waals surface area contributed by atoms with E-state index < -0.39 is 10.8 Å². The second kappa shape index (κ2) is 4.29. The van der Waals surface area contributed by atoms with Crippen LogP contribution in [0.2, 0.25) is 0 Å². The summed E-state index contributed by atoms with van der Waals surface area (Å²) in [6, 6.07) is 0. The van der Waals surface area contributed by atoms with Gasteiger partial charge in [-0.25, -0.2) is 0 Å². The van der Waals surface area contributed by atoms with Gasteiger partial charge in [0.2, 0.25) is 0 Å². The largest absolute Gasteiger partial charge is 0.259 e. The first-order valence-corrected chi connectivity index (χ1v) is 10.8. The van der Waals surface area contributed by atoms with Gasteiger partial charge in [-0.3, -0.25) is 4.21 Å². The van der Waals surface area contributed by atoms with E-state index in [1.807, 2.05) is 0 Å². The molecule has 0 aromatic heterocycles. The van der Waals surface area contributed by atoms with Crippen LogP contribution in [0.1, 0.15) is 78.1 Å². The van der Waals surface area contributed by atoms with E-state index in [2.05, 4.69) is 19.9 Å². The van der Waals surface area contributed by atoms with Gasteiger partial charge in [0.05, 0.1) is 5.25 Å². The Hall–Kier alpha value is -0.110. The first-order valence-electron chi connectivity index (χ1n) is 9.50. The highest BCUT2D eigenvalue weighted by molar-refractivity contribution is 7.86. The number of fused-ring (bicyclic) bond motifs is 2. The molecule has 2 aliphatic heterocycles. The third-order valence-electron chi connectivity index (χ3n) is 7.78.